The molecule has 1 atom stereocenters. The van der Waals surface area contributed by atoms with Gasteiger partial charge in [0.15, 0.2) is 0 Å². The number of hydrogen-bond donors (Lipinski definition) is 1. The van der Waals surface area contributed by atoms with E-state index < -0.39 is 0 Å². The second-order valence-electron chi connectivity index (χ2n) is 7.21. The SMILES string of the molecule is CCC1Cn2c(C(=O)NCCC3=CCCCC3)cc3c(Cl)ccc(c32)O1. The fourth-order valence-electron chi connectivity index (χ4n) is 3.98. The lowest BCUT2D eigenvalue weighted by molar-refractivity contribution is 0.0938. The highest BCUT2D eigenvalue weighted by Gasteiger charge is 2.26. The van der Waals surface area contributed by atoms with E-state index in [1.165, 1.54) is 31.3 Å². The number of amides is 1. The zero-order valence-corrected chi connectivity index (χ0v) is 15.9. The Bertz CT molecular complexity index is 869. The molecular formula is C21H25ClN2O2. The number of nitrogens with one attached hydrogen (secondary N) is 1. The molecule has 0 fully saturated rings. The van der Waals surface area contributed by atoms with Crippen LogP contribution in [0.4, 0.5) is 0 Å². The summed E-state index contributed by atoms with van der Waals surface area (Å²) in [6.45, 7) is 3.46. The molecule has 138 valence electrons. The van der Waals surface area contributed by atoms with Crippen molar-refractivity contribution in [3.8, 4) is 5.75 Å². The molecule has 2 aliphatic rings. The number of carbonyl (C=O) groups excluding carboxylic acids is 1. The van der Waals surface area contributed by atoms with E-state index in [0.29, 0.717) is 23.8 Å². The van der Waals surface area contributed by atoms with Crippen molar-refractivity contribution in [2.45, 2.75) is 58.1 Å². The molecule has 0 bridgehead atoms. The summed E-state index contributed by atoms with van der Waals surface area (Å²) in [6.07, 6.45) is 9.17. The second kappa shape index (κ2) is 7.36. The standard InChI is InChI=1S/C21H25ClN2O2/c1-2-15-13-24-18(12-16-17(22)8-9-19(26-15)20(16)24)21(25)23-11-10-14-6-4-3-5-7-14/h6,8-9,12,15H,2-5,7,10-11,13H2,1H3,(H,23,25). The van der Waals surface area contributed by atoms with Crippen molar-refractivity contribution in [2.75, 3.05) is 6.54 Å². The van der Waals surface area contributed by atoms with Crippen LogP contribution < -0.4 is 10.1 Å². The number of hydrogen-bond acceptors (Lipinski definition) is 2. The predicted octanol–water partition coefficient (Wildman–Crippen LogP) is 5.09. The lowest BCUT2D eigenvalue weighted by atomic mass is 9.97. The third-order valence-electron chi connectivity index (χ3n) is 5.45. The Morgan fingerprint density at radius 1 is 1.38 bits per heavy atom. The molecule has 1 N–H and O–H groups in total. The molecule has 1 unspecified atom stereocenters. The van der Waals surface area contributed by atoms with Gasteiger partial charge in [0, 0.05) is 11.9 Å². The van der Waals surface area contributed by atoms with Crippen LogP contribution in [-0.4, -0.2) is 23.1 Å². The first-order valence-electron chi connectivity index (χ1n) is 9.62. The Balaban J connectivity index is 1.56. The van der Waals surface area contributed by atoms with E-state index in [0.717, 1.165) is 29.5 Å². The number of aromatic nitrogens is 1. The fraction of sp³-hybridized carbons (Fsp3) is 0.476. The number of allylic oxidation sites excluding steroid dienone is 1. The number of nitrogens with zero attached hydrogens (tertiary/aromatic N) is 1. The smallest absolute Gasteiger partial charge is 0.267 e. The van der Waals surface area contributed by atoms with Gasteiger partial charge in [-0.3, -0.25) is 4.79 Å². The Hall–Kier alpha value is -1.94. The Morgan fingerprint density at radius 3 is 3.04 bits per heavy atom. The van der Waals surface area contributed by atoms with Gasteiger partial charge in [0.25, 0.3) is 5.91 Å². The van der Waals surface area contributed by atoms with Gasteiger partial charge < -0.3 is 14.6 Å². The van der Waals surface area contributed by atoms with Crippen LogP contribution in [0, 0.1) is 0 Å². The van der Waals surface area contributed by atoms with Gasteiger partial charge in [-0.05, 0) is 56.7 Å². The van der Waals surface area contributed by atoms with Crippen LogP contribution in [0.2, 0.25) is 5.02 Å². The molecule has 1 aliphatic carbocycles. The van der Waals surface area contributed by atoms with Gasteiger partial charge in [-0.2, -0.15) is 0 Å². The van der Waals surface area contributed by atoms with Crippen molar-refractivity contribution in [1.82, 2.24) is 9.88 Å². The Labute approximate surface area is 159 Å². The minimum Gasteiger partial charge on any atom is -0.486 e. The molecule has 1 aliphatic heterocycles. The summed E-state index contributed by atoms with van der Waals surface area (Å²) in [6, 6.07) is 5.65. The van der Waals surface area contributed by atoms with Crippen molar-refractivity contribution in [3.63, 3.8) is 0 Å². The first-order valence-corrected chi connectivity index (χ1v) is 9.99. The van der Waals surface area contributed by atoms with Gasteiger partial charge in [0.05, 0.1) is 17.1 Å². The van der Waals surface area contributed by atoms with Crippen LogP contribution in [0.3, 0.4) is 0 Å². The fourth-order valence-corrected chi connectivity index (χ4v) is 4.19. The minimum absolute atomic E-state index is 0.0311. The molecule has 4 rings (SSSR count). The number of rotatable bonds is 5. The van der Waals surface area contributed by atoms with Gasteiger partial charge in [-0.15, -0.1) is 0 Å². The van der Waals surface area contributed by atoms with Crippen LogP contribution in [0.25, 0.3) is 10.9 Å². The van der Waals surface area contributed by atoms with E-state index in [-0.39, 0.29) is 12.0 Å². The van der Waals surface area contributed by atoms with Crippen molar-refractivity contribution in [1.29, 1.82) is 0 Å². The topological polar surface area (TPSA) is 43.3 Å². The van der Waals surface area contributed by atoms with Gasteiger partial charge in [0.2, 0.25) is 0 Å². The molecule has 0 saturated heterocycles. The molecule has 2 aromatic rings. The van der Waals surface area contributed by atoms with Crippen LogP contribution >= 0.6 is 11.6 Å². The number of ether oxygens (including phenoxy) is 1. The maximum absolute atomic E-state index is 12.8. The highest BCUT2D eigenvalue weighted by molar-refractivity contribution is 6.36. The van der Waals surface area contributed by atoms with Crippen LogP contribution in [0.5, 0.6) is 5.75 Å². The highest BCUT2D eigenvalue weighted by atomic mass is 35.5. The third kappa shape index (κ3) is 3.23. The van der Waals surface area contributed by atoms with Crippen LogP contribution in [-0.2, 0) is 6.54 Å². The molecule has 5 heteroatoms. The van der Waals surface area contributed by atoms with E-state index in [9.17, 15) is 4.79 Å². The maximum atomic E-state index is 12.8. The molecule has 1 aromatic carbocycles. The Kier molecular flexibility index (Phi) is 4.94. The minimum atomic E-state index is -0.0311. The highest BCUT2D eigenvalue weighted by Crippen LogP contribution is 2.38. The van der Waals surface area contributed by atoms with Crippen molar-refractivity contribution < 1.29 is 9.53 Å². The molecule has 1 aromatic heterocycles. The molecule has 0 saturated carbocycles. The average molecular weight is 373 g/mol. The molecule has 4 nitrogen and oxygen atoms in total. The molecule has 2 heterocycles. The van der Waals surface area contributed by atoms with E-state index in [1.807, 2.05) is 18.2 Å². The van der Waals surface area contributed by atoms with Crippen molar-refractivity contribution in [2.24, 2.45) is 0 Å². The zero-order valence-electron chi connectivity index (χ0n) is 15.2. The van der Waals surface area contributed by atoms with E-state index in [2.05, 4.69) is 22.9 Å². The van der Waals surface area contributed by atoms with E-state index >= 15 is 0 Å². The van der Waals surface area contributed by atoms with E-state index in [4.69, 9.17) is 16.3 Å². The lowest BCUT2D eigenvalue weighted by Crippen LogP contribution is -2.32. The van der Waals surface area contributed by atoms with Gasteiger partial charge in [-0.25, -0.2) is 0 Å². The predicted molar refractivity (Wildman–Crippen MR) is 105 cm³/mol. The molecule has 0 radical (unpaired) electrons. The summed E-state index contributed by atoms with van der Waals surface area (Å²) < 4.78 is 8.12. The second-order valence-corrected chi connectivity index (χ2v) is 7.62. The maximum Gasteiger partial charge on any atom is 0.267 e. The van der Waals surface area contributed by atoms with Gasteiger partial charge >= 0.3 is 0 Å². The number of benzene rings is 1. The monoisotopic (exact) mass is 372 g/mol. The largest absolute Gasteiger partial charge is 0.486 e. The first-order chi connectivity index (χ1) is 12.7. The number of carbonyl (C=O) groups is 1. The third-order valence-corrected chi connectivity index (χ3v) is 5.78. The normalized spacial score (nSPS) is 19.2. The summed E-state index contributed by atoms with van der Waals surface area (Å²) in [5.74, 6) is 0.783. The van der Waals surface area contributed by atoms with Crippen LogP contribution in [0.15, 0.2) is 29.8 Å². The molecule has 26 heavy (non-hydrogen) atoms. The Morgan fingerprint density at radius 2 is 2.27 bits per heavy atom. The van der Waals surface area contributed by atoms with E-state index in [1.54, 1.807) is 0 Å². The first kappa shape index (κ1) is 17.5. The summed E-state index contributed by atoms with van der Waals surface area (Å²) in [5.41, 5.74) is 3.08. The van der Waals surface area contributed by atoms with Gasteiger partial charge in [-0.1, -0.05) is 30.2 Å². The quantitative estimate of drug-likeness (QED) is 0.743. The molecular weight excluding hydrogens is 348 g/mol. The summed E-state index contributed by atoms with van der Waals surface area (Å²) in [4.78, 5) is 12.8. The van der Waals surface area contributed by atoms with Crippen molar-refractivity contribution in [3.05, 3.63) is 40.6 Å². The van der Waals surface area contributed by atoms with Gasteiger partial charge in [0.1, 0.15) is 17.5 Å². The summed E-state index contributed by atoms with van der Waals surface area (Å²) in [7, 11) is 0. The molecule has 1 amide bonds. The zero-order chi connectivity index (χ0) is 18.1. The summed E-state index contributed by atoms with van der Waals surface area (Å²) >= 11 is 6.37. The lowest BCUT2D eigenvalue weighted by Gasteiger charge is -2.26. The van der Waals surface area contributed by atoms with Crippen LogP contribution in [0.1, 0.15) is 55.9 Å². The molecule has 0 spiro atoms. The summed E-state index contributed by atoms with van der Waals surface area (Å²) in [5, 5.41) is 4.64. The number of halogens is 1. The average Bonchev–Trinajstić information content (AvgIpc) is 3.06. The van der Waals surface area contributed by atoms with Crippen molar-refractivity contribution >= 4 is 28.4 Å².